The fourth-order valence-corrected chi connectivity index (χ4v) is 3.73. The van der Waals surface area contributed by atoms with Gasteiger partial charge in [-0.15, -0.1) is 0 Å². The molecule has 1 aromatic heterocycles. The number of ether oxygens (including phenoxy) is 1. The molecule has 0 saturated heterocycles. The summed E-state index contributed by atoms with van der Waals surface area (Å²) in [6, 6.07) is 26.8. The molecule has 0 fully saturated rings. The van der Waals surface area contributed by atoms with Crippen LogP contribution in [0.25, 0.3) is 21.9 Å². The number of anilines is 1. The molecule has 0 bridgehead atoms. The fourth-order valence-electron chi connectivity index (χ4n) is 3.60. The van der Waals surface area contributed by atoms with E-state index in [0.29, 0.717) is 18.2 Å². The molecule has 2 unspecified atom stereocenters. The fraction of sp³-hybridized carbons (Fsp3) is 0.192. The van der Waals surface area contributed by atoms with E-state index >= 15 is 0 Å². The van der Waals surface area contributed by atoms with Gasteiger partial charge in [-0.2, -0.15) is 12.6 Å². The SMILES string of the molecule is CC(Oc1ncc(-c2ccccc2)cc1NCC(N)CS)c1cccc2ccccc12. The zero-order valence-electron chi connectivity index (χ0n) is 17.5. The second-order valence-corrected chi connectivity index (χ2v) is 7.96. The summed E-state index contributed by atoms with van der Waals surface area (Å²) in [4.78, 5) is 4.66. The third-order valence-corrected chi connectivity index (χ3v) is 5.77. The van der Waals surface area contributed by atoms with Crippen LogP contribution < -0.4 is 15.8 Å². The number of aromatic nitrogens is 1. The molecular weight excluding hydrogens is 402 g/mol. The first-order chi connectivity index (χ1) is 15.2. The van der Waals surface area contributed by atoms with E-state index in [0.717, 1.165) is 22.4 Å². The Balaban J connectivity index is 1.65. The molecule has 0 aliphatic heterocycles. The zero-order valence-corrected chi connectivity index (χ0v) is 18.4. The van der Waals surface area contributed by atoms with Crippen molar-refractivity contribution >= 4 is 29.1 Å². The second-order valence-electron chi connectivity index (χ2n) is 7.59. The number of benzene rings is 3. The Morgan fingerprint density at radius 3 is 2.52 bits per heavy atom. The molecule has 0 amide bonds. The summed E-state index contributed by atoms with van der Waals surface area (Å²) in [7, 11) is 0. The number of thiol groups is 1. The first kappa shape index (κ1) is 21.2. The average Bonchev–Trinajstić information content (AvgIpc) is 2.83. The van der Waals surface area contributed by atoms with E-state index < -0.39 is 0 Å². The topological polar surface area (TPSA) is 60.2 Å². The van der Waals surface area contributed by atoms with E-state index in [1.807, 2.05) is 30.5 Å². The van der Waals surface area contributed by atoms with Crippen LogP contribution in [-0.4, -0.2) is 23.3 Å². The van der Waals surface area contributed by atoms with Gasteiger partial charge in [-0.1, -0.05) is 72.8 Å². The number of rotatable bonds is 8. The lowest BCUT2D eigenvalue weighted by Crippen LogP contribution is -2.30. The van der Waals surface area contributed by atoms with Crippen LogP contribution in [0.5, 0.6) is 5.88 Å². The van der Waals surface area contributed by atoms with Crippen molar-refractivity contribution in [2.45, 2.75) is 19.1 Å². The molecule has 0 spiro atoms. The summed E-state index contributed by atoms with van der Waals surface area (Å²) in [5, 5.41) is 5.79. The molecule has 0 saturated carbocycles. The highest BCUT2D eigenvalue weighted by Gasteiger charge is 2.16. The highest BCUT2D eigenvalue weighted by molar-refractivity contribution is 7.80. The summed E-state index contributed by atoms with van der Waals surface area (Å²) in [5.74, 6) is 1.16. The van der Waals surface area contributed by atoms with Crippen LogP contribution in [0.15, 0.2) is 85.1 Å². The third kappa shape index (κ3) is 5.01. The van der Waals surface area contributed by atoms with E-state index in [4.69, 9.17) is 10.5 Å². The number of hydrogen-bond donors (Lipinski definition) is 3. The van der Waals surface area contributed by atoms with Gasteiger partial charge in [0.2, 0.25) is 5.88 Å². The standard InChI is InChI=1S/C26H27N3OS/c1-18(23-13-7-11-20-10-5-6-12-24(20)23)30-26-25(28-16-22(27)17-31)14-21(15-29-26)19-8-3-2-4-9-19/h2-15,18,22,28,31H,16-17,27H2,1H3. The minimum Gasteiger partial charge on any atom is -0.468 e. The summed E-state index contributed by atoms with van der Waals surface area (Å²) in [6.07, 6.45) is 1.68. The molecule has 1 heterocycles. The van der Waals surface area contributed by atoms with Crippen molar-refractivity contribution in [1.29, 1.82) is 0 Å². The van der Waals surface area contributed by atoms with Crippen LogP contribution in [0.4, 0.5) is 5.69 Å². The predicted molar refractivity (Wildman–Crippen MR) is 133 cm³/mol. The molecule has 5 heteroatoms. The lowest BCUT2D eigenvalue weighted by Gasteiger charge is -2.20. The summed E-state index contributed by atoms with van der Waals surface area (Å²) in [5.41, 5.74) is 10.2. The Hall–Kier alpha value is -3.02. The Bertz CT molecular complexity index is 1140. The first-order valence-electron chi connectivity index (χ1n) is 10.5. The number of nitrogens with zero attached hydrogens (tertiary/aromatic N) is 1. The van der Waals surface area contributed by atoms with Gasteiger partial charge in [0, 0.05) is 30.1 Å². The van der Waals surface area contributed by atoms with Gasteiger partial charge in [0.25, 0.3) is 0 Å². The summed E-state index contributed by atoms with van der Waals surface area (Å²) >= 11 is 4.29. The number of nitrogens with two attached hydrogens (primary N) is 1. The zero-order chi connectivity index (χ0) is 21.6. The lowest BCUT2D eigenvalue weighted by atomic mass is 10.0. The van der Waals surface area contributed by atoms with Crippen molar-refractivity contribution in [2.75, 3.05) is 17.6 Å². The van der Waals surface area contributed by atoms with Gasteiger partial charge in [0.05, 0.1) is 5.69 Å². The van der Waals surface area contributed by atoms with Gasteiger partial charge in [-0.25, -0.2) is 4.98 Å². The molecule has 0 aliphatic rings. The molecule has 4 rings (SSSR count). The molecule has 158 valence electrons. The van der Waals surface area contributed by atoms with E-state index in [-0.39, 0.29) is 12.1 Å². The molecule has 2 atom stereocenters. The van der Waals surface area contributed by atoms with Gasteiger partial charge in [0.15, 0.2) is 0 Å². The van der Waals surface area contributed by atoms with E-state index in [1.165, 1.54) is 10.8 Å². The average molecular weight is 430 g/mol. The molecule has 3 aromatic carbocycles. The summed E-state index contributed by atoms with van der Waals surface area (Å²) < 4.78 is 6.36. The molecule has 0 aliphatic carbocycles. The normalized spacial score (nSPS) is 13.0. The van der Waals surface area contributed by atoms with E-state index in [1.54, 1.807) is 0 Å². The lowest BCUT2D eigenvalue weighted by molar-refractivity contribution is 0.220. The van der Waals surface area contributed by atoms with Gasteiger partial charge in [-0.05, 0) is 34.9 Å². The largest absolute Gasteiger partial charge is 0.468 e. The molecule has 3 N–H and O–H groups in total. The Labute approximate surface area is 188 Å². The van der Waals surface area contributed by atoms with Crippen molar-refractivity contribution in [3.05, 3.63) is 90.6 Å². The van der Waals surface area contributed by atoms with Gasteiger partial charge >= 0.3 is 0 Å². The van der Waals surface area contributed by atoms with Crippen LogP contribution in [-0.2, 0) is 0 Å². The van der Waals surface area contributed by atoms with Crippen molar-refractivity contribution in [3.63, 3.8) is 0 Å². The molecule has 4 nitrogen and oxygen atoms in total. The van der Waals surface area contributed by atoms with Gasteiger partial charge in [0.1, 0.15) is 6.10 Å². The number of nitrogens with one attached hydrogen (secondary N) is 1. The van der Waals surface area contributed by atoms with Gasteiger partial charge < -0.3 is 15.8 Å². The van der Waals surface area contributed by atoms with E-state index in [2.05, 4.69) is 84.5 Å². The van der Waals surface area contributed by atoms with Crippen molar-refractivity contribution in [1.82, 2.24) is 4.98 Å². The summed E-state index contributed by atoms with van der Waals surface area (Å²) in [6.45, 7) is 2.64. The van der Waals surface area contributed by atoms with Crippen molar-refractivity contribution in [2.24, 2.45) is 5.73 Å². The maximum atomic E-state index is 6.36. The maximum absolute atomic E-state index is 6.36. The number of fused-ring (bicyclic) bond motifs is 1. The predicted octanol–water partition coefficient (Wildman–Crippen LogP) is 5.71. The monoisotopic (exact) mass is 429 g/mol. The van der Waals surface area contributed by atoms with Crippen LogP contribution in [0.1, 0.15) is 18.6 Å². The Kier molecular flexibility index (Phi) is 6.75. The number of hydrogen-bond acceptors (Lipinski definition) is 5. The Morgan fingerprint density at radius 2 is 1.71 bits per heavy atom. The van der Waals surface area contributed by atoms with Crippen molar-refractivity contribution < 1.29 is 4.74 Å². The van der Waals surface area contributed by atoms with Gasteiger partial charge in [-0.3, -0.25) is 0 Å². The minimum atomic E-state index is -0.166. The van der Waals surface area contributed by atoms with Crippen molar-refractivity contribution in [3.8, 4) is 17.0 Å². The number of pyridine rings is 1. The van der Waals surface area contributed by atoms with Crippen LogP contribution in [0.2, 0.25) is 0 Å². The minimum absolute atomic E-state index is 0.0629. The second kappa shape index (κ2) is 9.86. The molecule has 0 radical (unpaired) electrons. The quantitative estimate of drug-likeness (QED) is 0.314. The Morgan fingerprint density at radius 1 is 0.968 bits per heavy atom. The first-order valence-corrected chi connectivity index (χ1v) is 11.1. The molecule has 31 heavy (non-hydrogen) atoms. The van der Waals surface area contributed by atoms with E-state index in [9.17, 15) is 0 Å². The molecular formula is C26H27N3OS. The van der Waals surface area contributed by atoms with Crippen LogP contribution in [0, 0.1) is 0 Å². The van der Waals surface area contributed by atoms with Crippen LogP contribution >= 0.6 is 12.6 Å². The highest BCUT2D eigenvalue weighted by Crippen LogP contribution is 2.33. The van der Waals surface area contributed by atoms with Crippen LogP contribution in [0.3, 0.4) is 0 Å². The smallest absolute Gasteiger partial charge is 0.237 e. The highest BCUT2D eigenvalue weighted by atomic mass is 32.1. The maximum Gasteiger partial charge on any atom is 0.237 e. The third-order valence-electron chi connectivity index (χ3n) is 5.30. The molecule has 4 aromatic rings.